The van der Waals surface area contributed by atoms with Gasteiger partial charge in [0.25, 0.3) is 0 Å². The first kappa shape index (κ1) is 9.76. The summed E-state index contributed by atoms with van der Waals surface area (Å²) in [4.78, 5) is 19.6. The van der Waals surface area contributed by atoms with E-state index in [1.54, 1.807) is 12.5 Å². The third-order valence-electron chi connectivity index (χ3n) is 2.62. The lowest BCUT2D eigenvalue weighted by Crippen LogP contribution is -2.04. The molecule has 86 valence electrons. The summed E-state index contributed by atoms with van der Waals surface area (Å²) in [6.07, 6.45) is 5.82. The summed E-state index contributed by atoms with van der Waals surface area (Å²) in [6.45, 7) is 0. The van der Waals surface area contributed by atoms with Gasteiger partial charge < -0.3 is 15.3 Å². The second-order valence-electron chi connectivity index (χ2n) is 3.76. The normalized spacial score (nSPS) is 11.1. The largest absolute Gasteiger partial charge is 0.368 e. The van der Waals surface area contributed by atoms with E-state index in [9.17, 15) is 0 Å². The lowest BCUT2D eigenvalue weighted by atomic mass is 10.2. The topological polar surface area (TPSA) is 98.3 Å². The van der Waals surface area contributed by atoms with Crippen LogP contribution in [0.25, 0.3) is 11.2 Å². The van der Waals surface area contributed by atoms with Crippen molar-refractivity contribution in [3.05, 3.63) is 30.2 Å². The van der Waals surface area contributed by atoms with Crippen LogP contribution in [0.3, 0.4) is 0 Å². The van der Waals surface area contributed by atoms with Crippen molar-refractivity contribution >= 4 is 17.1 Å². The molecule has 3 heterocycles. The van der Waals surface area contributed by atoms with Crippen molar-refractivity contribution in [2.45, 2.75) is 6.42 Å². The molecule has 0 unspecified atom stereocenters. The SMILES string of the molecule is Cn1ccnc1Cc1nc(N)nc2nc[nH]c12. The van der Waals surface area contributed by atoms with Crippen molar-refractivity contribution in [3.63, 3.8) is 0 Å². The van der Waals surface area contributed by atoms with Crippen LogP contribution in [-0.2, 0) is 13.5 Å². The van der Waals surface area contributed by atoms with Crippen LogP contribution < -0.4 is 5.73 Å². The predicted molar refractivity (Wildman–Crippen MR) is 62.1 cm³/mol. The number of anilines is 1. The first-order chi connectivity index (χ1) is 8.24. The highest BCUT2D eigenvalue weighted by Crippen LogP contribution is 2.15. The summed E-state index contributed by atoms with van der Waals surface area (Å²) in [6, 6.07) is 0. The Hall–Kier alpha value is -2.44. The fourth-order valence-electron chi connectivity index (χ4n) is 1.76. The summed E-state index contributed by atoms with van der Waals surface area (Å²) in [7, 11) is 1.94. The second kappa shape index (κ2) is 3.55. The third-order valence-corrected chi connectivity index (χ3v) is 2.62. The number of nitrogens with two attached hydrogens (primary N) is 1. The number of aryl methyl sites for hydroxylation is 1. The number of aromatic amines is 1. The molecule has 0 aliphatic rings. The van der Waals surface area contributed by atoms with Crippen molar-refractivity contribution in [1.29, 1.82) is 0 Å². The van der Waals surface area contributed by atoms with E-state index in [0.29, 0.717) is 12.1 Å². The Kier molecular flexibility index (Phi) is 2.04. The van der Waals surface area contributed by atoms with Crippen LogP contribution in [-0.4, -0.2) is 29.5 Å². The van der Waals surface area contributed by atoms with Crippen LogP contribution in [0.1, 0.15) is 11.5 Å². The van der Waals surface area contributed by atoms with Gasteiger partial charge in [0.1, 0.15) is 11.3 Å². The van der Waals surface area contributed by atoms with Crippen LogP contribution in [0.4, 0.5) is 5.95 Å². The average molecular weight is 229 g/mol. The molecule has 0 fully saturated rings. The smallest absolute Gasteiger partial charge is 0.222 e. The monoisotopic (exact) mass is 229 g/mol. The average Bonchev–Trinajstić information content (AvgIpc) is 2.88. The first-order valence-electron chi connectivity index (χ1n) is 5.15. The number of nitrogen functional groups attached to an aromatic ring is 1. The quantitative estimate of drug-likeness (QED) is 0.656. The molecule has 3 N–H and O–H groups in total. The Bertz CT molecular complexity index is 666. The van der Waals surface area contributed by atoms with Crippen molar-refractivity contribution < 1.29 is 0 Å². The van der Waals surface area contributed by atoms with Gasteiger partial charge in [0.15, 0.2) is 5.65 Å². The van der Waals surface area contributed by atoms with Crippen molar-refractivity contribution in [2.75, 3.05) is 5.73 Å². The van der Waals surface area contributed by atoms with Gasteiger partial charge in [-0.3, -0.25) is 0 Å². The third kappa shape index (κ3) is 1.61. The standard InChI is InChI=1S/C10H11N7/c1-17-3-2-12-7(17)4-6-8-9(14-5-13-8)16-10(11)15-6/h2-3,5H,4H2,1H3,(H3,11,13,14,15,16). The van der Waals surface area contributed by atoms with Gasteiger partial charge in [-0.1, -0.05) is 0 Å². The Morgan fingerprint density at radius 2 is 2.24 bits per heavy atom. The maximum absolute atomic E-state index is 5.65. The molecular formula is C10H11N7. The number of hydrogen-bond donors (Lipinski definition) is 2. The van der Waals surface area contributed by atoms with Gasteiger partial charge >= 0.3 is 0 Å². The van der Waals surface area contributed by atoms with Crippen LogP contribution >= 0.6 is 0 Å². The fourth-order valence-corrected chi connectivity index (χ4v) is 1.76. The molecule has 3 aromatic heterocycles. The molecule has 0 saturated heterocycles. The van der Waals surface area contributed by atoms with E-state index in [4.69, 9.17) is 5.73 Å². The van der Waals surface area contributed by atoms with Crippen molar-refractivity contribution in [2.24, 2.45) is 7.05 Å². The van der Waals surface area contributed by atoms with Crippen LogP contribution in [0.5, 0.6) is 0 Å². The number of rotatable bonds is 2. The van der Waals surface area contributed by atoms with E-state index in [1.165, 1.54) is 0 Å². The molecule has 7 nitrogen and oxygen atoms in total. The number of aromatic nitrogens is 6. The van der Waals surface area contributed by atoms with Gasteiger partial charge in [-0.25, -0.2) is 15.0 Å². The minimum atomic E-state index is 0.230. The van der Waals surface area contributed by atoms with Crippen LogP contribution in [0.2, 0.25) is 0 Å². The number of hydrogen-bond acceptors (Lipinski definition) is 5. The minimum Gasteiger partial charge on any atom is -0.368 e. The van der Waals surface area contributed by atoms with Crippen molar-refractivity contribution in [3.8, 4) is 0 Å². The Labute approximate surface area is 96.7 Å². The maximum Gasteiger partial charge on any atom is 0.222 e. The molecule has 0 amide bonds. The van der Waals surface area contributed by atoms with Gasteiger partial charge in [0.2, 0.25) is 5.95 Å². The Morgan fingerprint density at radius 3 is 3.00 bits per heavy atom. The van der Waals surface area contributed by atoms with Crippen molar-refractivity contribution in [1.82, 2.24) is 29.5 Å². The van der Waals surface area contributed by atoms with Gasteiger partial charge in [0, 0.05) is 19.4 Å². The van der Waals surface area contributed by atoms with Gasteiger partial charge in [-0.2, -0.15) is 4.98 Å². The molecule has 0 bridgehead atoms. The van der Waals surface area contributed by atoms with E-state index in [-0.39, 0.29) is 5.95 Å². The Balaban J connectivity index is 2.11. The van der Waals surface area contributed by atoms with Crippen LogP contribution in [0.15, 0.2) is 18.7 Å². The van der Waals surface area contributed by atoms with Gasteiger partial charge in [0.05, 0.1) is 18.4 Å². The molecule has 3 aromatic rings. The molecule has 0 atom stereocenters. The van der Waals surface area contributed by atoms with E-state index < -0.39 is 0 Å². The number of nitrogens with zero attached hydrogens (tertiary/aromatic N) is 5. The molecule has 17 heavy (non-hydrogen) atoms. The molecule has 0 aliphatic carbocycles. The summed E-state index contributed by atoms with van der Waals surface area (Å²) in [5.74, 6) is 1.15. The molecule has 3 rings (SSSR count). The Morgan fingerprint density at radius 1 is 1.35 bits per heavy atom. The highest BCUT2D eigenvalue weighted by atomic mass is 15.1. The summed E-state index contributed by atoms with van der Waals surface area (Å²) < 4.78 is 1.94. The van der Waals surface area contributed by atoms with E-state index in [0.717, 1.165) is 17.0 Å². The highest BCUT2D eigenvalue weighted by molar-refractivity contribution is 5.74. The molecule has 0 aliphatic heterocycles. The minimum absolute atomic E-state index is 0.230. The molecule has 7 heteroatoms. The zero-order valence-electron chi connectivity index (χ0n) is 9.25. The fraction of sp³-hybridized carbons (Fsp3) is 0.200. The number of imidazole rings is 2. The highest BCUT2D eigenvalue weighted by Gasteiger charge is 2.11. The molecule has 0 saturated carbocycles. The van der Waals surface area contributed by atoms with E-state index >= 15 is 0 Å². The zero-order valence-corrected chi connectivity index (χ0v) is 9.25. The van der Waals surface area contributed by atoms with Crippen LogP contribution in [0, 0.1) is 0 Å². The molecule has 0 spiro atoms. The van der Waals surface area contributed by atoms with E-state index in [1.807, 2.05) is 17.8 Å². The molecular weight excluding hydrogens is 218 g/mol. The maximum atomic E-state index is 5.65. The predicted octanol–water partition coefficient (Wildman–Crippen LogP) is 0.259. The van der Waals surface area contributed by atoms with Gasteiger partial charge in [-0.15, -0.1) is 0 Å². The summed E-state index contributed by atoms with van der Waals surface area (Å²) in [5.41, 5.74) is 7.84. The lowest BCUT2D eigenvalue weighted by Gasteiger charge is -2.03. The summed E-state index contributed by atoms with van der Waals surface area (Å²) >= 11 is 0. The zero-order chi connectivity index (χ0) is 11.8. The lowest BCUT2D eigenvalue weighted by molar-refractivity contribution is 0.813. The number of fused-ring (bicyclic) bond motifs is 1. The molecule has 0 aromatic carbocycles. The van der Waals surface area contributed by atoms with E-state index in [2.05, 4.69) is 24.9 Å². The first-order valence-corrected chi connectivity index (χ1v) is 5.15. The second-order valence-corrected chi connectivity index (χ2v) is 3.76. The van der Waals surface area contributed by atoms with Gasteiger partial charge in [-0.05, 0) is 0 Å². The number of H-pyrrole nitrogens is 1. The molecule has 0 radical (unpaired) electrons. The number of nitrogens with one attached hydrogen (secondary N) is 1. The summed E-state index contributed by atoms with van der Waals surface area (Å²) in [5, 5.41) is 0.